The summed E-state index contributed by atoms with van der Waals surface area (Å²) in [6.07, 6.45) is -3.93. The second kappa shape index (κ2) is 9.83. The maximum Gasteiger partial charge on any atom is 0.199 e. The highest BCUT2D eigenvalue weighted by Gasteiger charge is 2.44. The standard InChI is InChI=1S/C23H27ClO7/c24-19-14(11-13-6-8-15(9-7-13)30-18-5-2-10-29-18)3-1-4-16(19)23-22(28)21(27)20(26)17(12-25)31-23/h1,3-4,6-9,17-18,20-23,25-28H,2,5,10-12H2/t17-,18+,20-,21+,22-,23+/m1/s1. The summed E-state index contributed by atoms with van der Waals surface area (Å²) in [6, 6.07) is 13.1. The van der Waals surface area contributed by atoms with Crippen LogP contribution in [0.3, 0.4) is 0 Å². The molecule has 2 saturated heterocycles. The Bertz CT molecular complexity index is 867. The van der Waals surface area contributed by atoms with E-state index in [1.54, 1.807) is 12.1 Å². The van der Waals surface area contributed by atoms with Gasteiger partial charge in [-0.2, -0.15) is 0 Å². The van der Waals surface area contributed by atoms with Gasteiger partial charge in [0, 0.05) is 17.0 Å². The summed E-state index contributed by atoms with van der Waals surface area (Å²) >= 11 is 6.64. The van der Waals surface area contributed by atoms with Crippen LogP contribution in [0.2, 0.25) is 5.02 Å². The minimum Gasteiger partial charge on any atom is -0.465 e. The number of halogens is 1. The smallest absolute Gasteiger partial charge is 0.199 e. The first-order valence-electron chi connectivity index (χ1n) is 10.4. The van der Waals surface area contributed by atoms with Gasteiger partial charge in [-0.15, -0.1) is 0 Å². The maximum atomic E-state index is 10.4. The van der Waals surface area contributed by atoms with Crippen LogP contribution < -0.4 is 4.74 Å². The van der Waals surface area contributed by atoms with Crippen LogP contribution in [0.4, 0.5) is 0 Å². The van der Waals surface area contributed by atoms with Crippen LogP contribution in [0.5, 0.6) is 5.75 Å². The highest BCUT2D eigenvalue weighted by atomic mass is 35.5. The lowest BCUT2D eigenvalue weighted by atomic mass is 9.90. The van der Waals surface area contributed by atoms with Gasteiger partial charge in [0.2, 0.25) is 0 Å². The molecule has 2 aromatic carbocycles. The molecule has 0 aliphatic carbocycles. The first kappa shape index (κ1) is 22.5. The van der Waals surface area contributed by atoms with Gasteiger partial charge in [0.1, 0.15) is 36.3 Å². The van der Waals surface area contributed by atoms with Gasteiger partial charge in [-0.1, -0.05) is 41.9 Å². The zero-order valence-electron chi connectivity index (χ0n) is 16.9. The van der Waals surface area contributed by atoms with Crippen LogP contribution >= 0.6 is 11.6 Å². The molecule has 2 aliphatic rings. The van der Waals surface area contributed by atoms with Gasteiger partial charge >= 0.3 is 0 Å². The second-order valence-corrected chi connectivity index (χ2v) is 8.33. The van der Waals surface area contributed by atoms with Crippen molar-refractivity contribution >= 4 is 11.6 Å². The molecule has 2 fully saturated rings. The Kier molecular flexibility index (Phi) is 7.13. The largest absolute Gasteiger partial charge is 0.465 e. The van der Waals surface area contributed by atoms with Crippen molar-refractivity contribution in [1.82, 2.24) is 0 Å². The maximum absolute atomic E-state index is 10.4. The molecule has 0 saturated carbocycles. The average Bonchev–Trinajstić information content (AvgIpc) is 3.29. The van der Waals surface area contributed by atoms with Gasteiger partial charge in [-0.3, -0.25) is 0 Å². The molecule has 0 aromatic heterocycles. The molecule has 0 amide bonds. The van der Waals surface area contributed by atoms with E-state index < -0.39 is 37.1 Å². The molecule has 2 aliphatic heterocycles. The van der Waals surface area contributed by atoms with Gasteiger partial charge in [-0.05, 0) is 36.1 Å². The first-order chi connectivity index (χ1) is 15.0. The van der Waals surface area contributed by atoms with Crippen molar-refractivity contribution < 1.29 is 34.6 Å². The monoisotopic (exact) mass is 450 g/mol. The van der Waals surface area contributed by atoms with E-state index in [2.05, 4.69) is 0 Å². The van der Waals surface area contributed by atoms with Crippen LogP contribution in [-0.2, 0) is 15.9 Å². The minimum atomic E-state index is -1.45. The summed E-state index contributed by atoms with van der Waals surface area (Å²) in [5.41, 5.74) is 2.34. The van der Waals surface area contributed by atoms with E-state index in [4.69, 9.17) is 25.8 Å². The summed E-state index contributed by atoms with van der Waals surface area (Å²) in [5, 5.41) is 40.4. The molecule has 31 heavy (non-hydrogen) atoms. The molecular weight excluding hydrogens is 424 g/mol. The number of hydrogen-bond acceptors (Lipinski definition) is 7. The number of aliphatic hydroxyl groups excluding tert-OH is 4. The summed E-state index contributed by atoms with van der Waals surface area (Å²) in [4.78, 5) is 0. The van der Waals surface area contributed by atoms with Gasteiger partial charge in [0.05, 0.1) is 13.2 Å². The molecule has 168 valence electrons. The molecule has 0 bridgehead atoms. The molecule has 2 aromatic rings. The number of ether oxygens (including phenoxy) is 3. The highest BCUT2D eigenvalue weighted by molar-refractivity contribution is 6.32. The molecule has 7 nitrogen and oxygen atoms in total. The summed E-state index contributed by atoms with van der Waals surface area (Å²) in [7, 11) is 0. The van der Waals surface area contributed by atoms with Crippen LogP contribution in [-0.4, -0.2) is 64.3 Å². The number of aliphatic hydroxyl groups is 4. The average molecular weight is 451 g/mol. The summed E-state index contributed by atoms with van der Waals surface area (Å²) in [5.74, 6) is 0.747. The lowest BCUT2D eigenvalue weighted by Gasteiger charge is -2.40. The lowest BCUT2D eigenvalue weighted by Crippen LogP contribution is -2.55. The number of rotatable bonds is 6. The predicted octanol–water partition coefficient (Wildman–Crippen LogP) is 1.96. The molecule has 0 radical (unpaired) electrons. The van der Waals surface area contributed by atoms with Gasteiger partial charge in [0.15, 0.2) is 6.29 Å². The summed E-state index contributed by atoms with van der Waals surface area (Å²) < 4.78 is 16.9. The topological polar surface area (TPSA) is 109 Å². The van der Waals surface area contributed by atoms with E-state index in [1.165, 1.54) is 0 Å². The van der Waals surface area contributed by atoms with E-state index in [1.807, 2.05) is 30.3 Å². The third-order valence-corrected chi connectivity index (χ3v) is 6.24. The molecule has 4 N–H and O–H groups in total. The Labute approximate surface area is 185 Å². The molecule has 0 unspecified atom stereocenters. The van der Waals surface area contributed by atoms with E-state index in [9.17, 15) is 20.4 Å². The van der Waals surface area contributed by atoms with E-state index in [0.29, 0.717) is 17.0 Å². The van der Waals surface area contributed by atoms with E-state index in [-0.39, 0.29) is 6.29 Å². The van der Waals surface area contributed by atoms with Crippen molar-refractivity contribution in [2.24, 2.45) is 0 Å². The number of benzene rings is 2. The Hall–Kier alpha value is -1.71. The van der Waals surface area contributed by atoms with E-state index in [0.717, 1.165) is 36.3 Å². The van der Waals surface area contributed by atoms with Gasteiger partial charge in [-0.25, -0.2) is 0 Å². The Balaban J connectivity index is 1.50. The quantitative estimate of drug-likeness (QED) is 0.532. The fourth-order valence-corrected chi connectivity index (χ4v) is 4.31. The third-order valence-electron chi connectivity index (χ3n) is 5.78. The van der Waals surface area contributed by atoms with Crippen molar-refractivity contribution in [3.63, 3.8) is 0 Å². The zero-order chi connectivity index (χ0) is 22.0. The van der Waals surface area contributed by atoms with Crippen molar-refractivity contribution in [2.75, 3.05) is 13.2 Å². The first-order valence-corrected chi connectivity index (χ1v) is 10.8. The SMILES string of the molecule is OC[C@H]1O[C@@H](c2cccc(Cc3ccc(O[C@H]4CCCO4)cc3)c2Cl)[C@H](O)[C@@H](O)[C@@H]1O. The van der Waals surface area contributed by atoms with Crippen molar-refractivity contribution in [3.8, 4) is 5.75 Å². The number of hydrogen-bond donors (Lipinski definition) is 4. The van der Waals surface area contributed by atoms with Crippen LogP contribution in [0.15, 0.2) is 42.5 Å². The van der Waals surface area contributed by atoms with Gasteiger partial charge in [0.25, 0.3) is 0 Å². The van der Waals surface area contributed by atoms with Crippen LogP contribution in [0, 0.1) is 0 Å². The molecule has 4 rings (SSSR count). The Morgan fingerprint density at radius 3 is 2.45 bits per heavy atom. The normalized spacial score (nSPS) is 31.0. The summed E-state index contributed by atoms with van der Waals surface area (Å²) in [6.45, 7) is 0.241. The fourth-order valence-electron chi connectivity index (χ4n) is 4.01. The zero-order valence-corrected chi connectivity index (χ0v) is 17.7. The van der Waals surface area contributed by atoms with Crippen molar-refractivity contribution in [3.05, 3.63) is 64.2 Å². The van der Waals surface area contributed by atoms with Crippen LogP contribution in [0.25, 0.3) is 0 Å². The second-order valence-electron chi connectivity index (χ2n) is 7.95. The molecule has 2 heterocycles. The van der Waals surface area contributed by atoms with Gasteiger partial charge < -0.3 is 34.6 Å². The lowest BCUT2D eigenvalue weighted by molar-refractivity contribution is -0.231. The highest BCUT2D eigenvalue weighted by Crippen LogP contribution is 2.37. The van der Waals surface area contributed by atoms with E-state index >= 15 is 0 Å². The van der Waals surface area contributed by atoms with Crippen molar-refractivity contribution in [1.29, 1.82) is 0 Å². The minimum absolute atomic E-state index is 0.185. The Morgan fingerprint density at radius 1 is 1.00 bits per heavy atom. The molecule has 0 spiro atoms. The molecular formula is C23H27ClO7. The molecule has 8 heteroatoms. The predicted molar refractivity (Wildman–Crippen MR) is 113 cm³/mol. The van der Waals surface area contributed by atoms with Crippen molar-refractivity contribution in [2.45, 2.75) is 56.1 Å². The molecule has 6 atom stereocenters. The van der Waals surface area contributed by atoms with Crippen LogP contribution in [0.1, 0.15) is 35.6 Å². The fraction of sp³-hybridized carbons (Fsp3) is 0.478. The third kappa shape index (κ3) is 4.88. The Morgan fingerprint density at radius 2 is 1.77 bits per heavy atom.